The average molecular weight is 403 g/mol. The zero-order valence-electron chi connectivity index (χ0n) is 16.6. The smallest absolute Gasteiger partial charge is 0.258 e. The van der Waals surface area contributed by atoms with Crippen LogP contribution in [0, 0.1) is 5.92 Å². The summed E-state index contributed by atoms with van der Waals surface area (Å²) >= 11 is 0. The summed E-state index contributed by atoms with van der Waals surface area (Å²) < 4.78 is 15.7. The van der Waals surface area contributed by atoms with Crippen LogP contribution in [0.25, 0.3) is 11.0 Å². The number of amides is 2. The number of nitrogens with one attached hydrogen (secondary N) is 2. The third-order valence-electron chi connectivity index (χ3n) is 5.65. The van der Waals surface area contributed by atoms with E-state index >= 15 is 0 Å². The quantitative estimate of drug-likeness (QED) is 0.743. The van der Waals surface area contributed by atoms with Crippen molar-refractivity contribution >= 4 is 22.8 Å². The number of aromatic nitrogens is 3. The van der Waals surface area contributed by atoms with Gasteiger partial charge in [0.05, 0.1) is 11.6 Å². The van der Waals surface area contributed by atoms with E-state index in [9.17, 15) is 14.0 Å². The molecule has 1 aromatic carbocycles. The Hall–Kier alpha value is -2.59. The second-order valence-corrected chi connectivity index (χ2v) is 7.90. The van der Waals surface area contributed by atoms with Crippen LogP contribution in [0.2, 0.25) is 0 Å². The number of hydrogen-bond acceptors (Lipinski definition) is 6. The highest BCUT2D eigenvalue weighted by atomic mass is 19.1. The van der Waals surface area contributed by atoms with Gasteiger partial charge in [-0.15, -0.1) is 5.10 Å². The van der Waals surface area contributed by atoms with E-state index in [1.54, 1.807) is 9.58 Å². The van der Waals surface area contributed by atoms with Crippen LogP contribution in [0.4, 0.5) is 4.39 Å². The molecule has 2 fully saturated rings. The molecule has 9 nitrogen and oxygen atoms in total. The molecule has 1 aromatic heterocycles. The number of nitrogens with zero attached hydrogens (tertiary/aromatic N) is 5. The Kier molecular flexibility index (Phi) is 5.46. The molecule has 29 heavy (non-hydrogen) atoms. The monoisotopic (exact) mass is 403 g/mol. The van der Waals surface area contributed by atoms with Gasteiger partial charge in [0.25, 0.3) is 5.91 Å². The van der Waals surface area contributed by atoms with Gasteiger partial charge in [-0.1, -0.05) is 31.2 Å². The molecule has 0 bridgehead atoms. The normalized spacial score (nSPS) is 26.1. The average Bonchev–Trinajstić information content (AvgIpc) is 3.12. The van der Waals surface area contributed by atoms with Gasteiger partial charge in [0.1, 0.15) is 18.4 Å². The van der Waals surface area contributed by atoms with Gasteiger partial charge in [-0.25, -0.2) is 9.07 Å². The van der Waals surface area contributed by atoms with Crippen molar-refractivity contribution in [1.82, 2.24) is 35.4 Å². The van der Waals surface area contributed by atoms with Crippen LogP contribution in [-0.4, -0.2) is 81.3 Å². The minimum absolute atomic E-state index is 0.00100. The Balaban J connectivity index is 1.34. The van der Waals surface area contributed by atoms with Crippen LogP contribution < -0.4 is 10.6 Å². The van der Waals surface area contributed by atoms with Crippen LogP contribution in [0.15, 0.2) is 24.3 Å². The molecule has 10 heteroatoms. The van der Waals surface area contributed by atoms with Gasteiger partial charge < -0.3 is 10.2 Å². The number of fused-ring (bicyclic) bond motifs is 1. The number of para-hydroxylation sites is 1. The maximum absolute atomic E-state index is 14.1. The maximum atomic E-state index is 14.1. The van der Waals surface area contributed by atoms with E-state index in [1.165, 1.54) is 0 Å². The fourth-order valence-corrected chi connectivity index (χ4v) is 3.90. The SMILES string of the molecule is CC(C)C1NC(N2CCN(C(=O)Cn3nnc4ccccc43)CC2)NC(=O)C1F. The molecule has 0 radical (unpaired) electrons. The zero-order valence-corrected chi connectivity index (χ0v) is 16.6. The van der Waals surface area contributed by atoms with E-state index in [2.05, 4.69) is 20.9 Å². The Morgan fingerprint density at radius 2 is 1.97 bits per heavy atom. The molecule has 2 aliphatic heterocycles. The summed E-state index contributed by atoms with van der Waals surface area (Å²) in [5.41, 5.74) is 1.59. The minimum Gasteiger partial charge on any atom is -0.339 e. The van der Waals surface area contributed by atoms with Crippen molar-refractivity contribution in [1.29, 1.82) is 0 Å². The predicted octanol–water partition coefficient (Wildman–Crippen LogP) is -0.0588. The molecule has 2 aromatic rings. The first kappa shape index (κ1) is 19.7. The highest BCUT2D eigenvalue weighted by molar-refractivity contribution is 5.82. The topological polar surface area (TPSA) is 95.4 Å². The Morgan fingerprint density at radius 3 is 2.69 bits per heavy atom. The molecule has 2 amide bonds. The van der Waals surface area contributed by atoms with Crippen LogP contribution >= 0.6 is 0 Å². The number of benzene rings is 1. The lowest BCUT2D eigenvalue weighted by Crippen LogP contribution is -2.71. The van der Waals surface area contributed by atoms with E-state index in [1.807, 2.05) is 43.0 Å². The molecule has 2 saturated heterocycles. The van der Waals surface area contributed by atoms with E-state index in [0.29, 0.717) is 26.2 Å². The summed E-state index contributed by atoms with van der Waals surface area (Å²) in [4.78, 5) is 28.5. The first-order valence-electron chi connectivity index (χ1n) is 9.94. The molecule has 3 heterocycles. The van der Waals surface area contributed by atoms with Gasteiger partial charge in [0.15, 0.2) is 6.17 Å². The van der Waals surface area contributed by atoms with Crippen LogP contribution in [-0.2, 0) is 16.1 Å². The molecule has 3 unspecified atom stereocenters. The van der Waals surface area contributed by atoms with E-state index in [0.717, 1.165) is 11.0 Å². The molecule has 0 saturated carbocycles. The molecule has 156 valence electrons. The van der Waals surface area contributed by atoms with Gasteiger partial charge >= 0.3 is 0 Å². The third-order valence-corrected chi connectivity index (χ3v) is 5.65. The lowest BCUT2D eigenvalue weighted by atomic mass is 9.97. The molecule has 0 spiro atoms. The second kappa shape index (κ2) is 8.03. The Morgan fingerprint density at radius 1 is 1.24 bits per heavy atom. The van der Waals surface area contributed by atoms with Crippen LogP contribution in [0.3, 0.4) is 0 Å². The second-order valence-electron chi connectivity index (χ2n) is 7.90. The lowest BCUT2D eigenvalue weighted by molar-refractivity contribution is -0.139. The Labute approximate surface area is 168 Å². The van der Waals surface area contributed by atoms with Crippen molar-refractivity contribution in [3.63, 3.8) is 0 Å². The van der Waals surface area contributed by atoms with Gasteiger partial charge in [-0.3, -0.25) is 19.8 Å². The summed E-state index contributed by atoms with van der Waals surface area (Å²) in [5.74, 6) is -0.604. The van der Waals surface area contributed by atoms with E-state index in [-0.39, 0.29) is 18.4 Å². The standard InChI is InChI=1S/C19H26FN7O2/c1-12(2)17-16(20)18(29)22-19(21-17)26-9-7-25(8-10-26)15(28)11-27-14-6-4-3-5-13(14)23-24-27/h3-6,12,16-17,19,21H,7-11H2,1-2H3,(H,22,29). The molecule has 4 rings (SSSR count). The number of halogens is 1. The first-order valence-corrected chi connectivity index (χ1v) is 9.94. The lowest BCUT2D eigenvalue weighted by Gasteiger charge is -2.44. The van der Waals surface area contributed by atoms with Gasteiger partial charge in [0, 0.05) is 26.2 Å². The minimum atomic E-state index is -1.55. The van der Waals surface area contributed by atoms with E-state index in [4.69, 9.17) is 0 Å². The largest absolute Gasteiger partial charge is 0.339 e. The highest BCUT2D eigenvalue weighted by Crippen LogP contribution is 2.17. The van der Waals surface area contributed by atoms with Crippen LogP contribution in [0.1, 0.15) is 13.8 Å². The number of carbonyl (C=O) groups is 2. The zero-order chi connectivity index (χ0) is 20.5. The third kappa shape index (κ3) is 3.95. The Bertz CT molecular complexity index is 894. The molecule has 0 aliphatic carbocycles. The van der Waals surface area contributed by atoms with Crippen molar-refractivity contribution in [3.8, 4) is 0 Å². The number of hydrogen-bond donors (Lipinski definition) is 2. The summed E-state index contributed by atoms with van der Waals surface area (Å²) in [6, 6.07) is 7.01. The van der Waals surface area contributed by atoms with Crippen molar-refractivity contribution in [2.75, 3.05) is 26.2 Å². The fraction of sp³-hybridized carbons (Fsp3) is 0.579. The highest BCUT2D eigenvalue weighted by Gasteiger charge is 2.40. The molecular weight excluding hydrogens is 377 g/mol. The van der Waals surface area contributed by atoms with E-state index < -0.39 is 24.4 Å². The van der Waals surface area contributed by atoms with Crippen molar-refractivity contribution in [2.45, 2.75) is 38.9 Å². The summed E-state index contributed by atoms with van der Waals surface area (Å²) in [6.45, 7) is 6.16. The van der Waals surface area contributed by atoms with Crippen molar-refractivity contribution < 1.29 is 14.0 Å². The number of alkyl halides is 1. The summed E-state index contributed by atoms with van der Waals surface area (Å²) in [6.07, 6.45) is -1.97. The van der Waals surface area contributed by atoms with Crippen molar-refractivity contribution in [2.24, 2.45) is 5.92 Å². The molecule has 3 atom stereocenters. The number of rotatable bonds is 4. The molecule has 2 N–H and O–H groups in total. The first-order chi connectivity index (χ1) is 13.9. The number of piperazine rings is 1. The van der Waals surface area contributed by atoms with Gasteiger partial charge in [0.2, 0.25) is 5.91 Å². The maximum Gasteiger partial charge on any atom is 0.258 e. The van der Waals surface area contributed by atoms with Crippen molar-refractivity contribution in [3.05, 3.63) is 24.3 Å². The van der Waals surface area contributed by atoms with Gasteiger partial charge in [-0.2, -0.15) is 0 Å². The fourth-order valence-electron chi connectivity index (χ4n) is 3.90. The number of carbonyl (C=O) groups excluding carboxylic acids is 2. The molecular formula is C19H26FN7O2. The molecule has 2 aliphatic rings. The van der Waals surface area contributed by atoms with Crippen LogP contribution in [0.5, 0.6) is 0 Å². The summed E-state index contributed by atoms with van der Waals surface area (Å²) in [7, 11) is 0. The predicted molar refractivity (Wildman–Crippen MR) is 104 cm³/mol. The summed E-state index contributed by atoms with van der Waals surface area (Å²) in [5, 5.41) is 14.0. The van der Waals surface area contributed by atoms with Gasteiger partial charge in [-0.05, 0) is 18.1 Å².